The van der Waals surface area contributed by atoms with E-state index in [-0.39, 0.29) is 5.54 Å². The lowest BCUT2D eigenvalue weighted by molar-refractivity contribution is -0.0651. The zero-order valence-corrected chi connectivity index (χ0v) is 12.2. The zero-order chi connectivity index (χ0) is 11.6. The molecule has 0 aromatic heterocycles. The van der Waals surface area contributed by atoms with Crippen LogP contribution in [-0.2, 0) is 4.74 Å². The van der Waals surface area contributed by atoms with Gasteiger partial charge < -0.3 is 4.74 Å². The van der Waals surface area contributed by atoms with Crippen molar-refractivity contribution in [2.24, 2.45) is 5.41 Å². The third kappa shape index (κ3) is 2.62. The van der Waals surface area contributed by atoms with Crippen LogP contribution in [0.1, 0.15) is 39.5 Å². The van der Waals surface area contributed by atoms with E-state index in [4.69, 9.17) is 4.74 Å². The van der Waals surface area contributed by atoms with Gasteiger partial charge in [0.25, 0.3) is 0 Å². The van der Waals surface area contributed by atoms with E-state index in [1.165, 1.54) is 32.2 Å². The summed E-state index contributed by atoms with van der Waals surface area (Å²) in [5.41, 5.74) is 0.755. The van der Waals surface area contributed by atoms with E-state index < -0.39 is 0 Å². The van der Waals surface area contributed by atoms with Crippen molar-refractivity contribution in [3.63, 3.8) is 0 Å². The Morgan fingerprint density at radius 1 is 1.25 bits per heavy atom. The van der Waals surface area contributed by atoms with Crippen LogP contribution in [0.2, 0.25) is 0 Å². The molecular formula is C13H24BrNO. The van der Waals surface area contributed by atoms with Gasteiger partial charge in [-0.3, -0.25) is 4.90 Å². The van der Waals surface area contributed by atoms with E-state index in [9.17, 15) is 0 Å². The molecule has 1 aliphatic heterocycles. The fourth-order valence-corrected chi connectivity index (χ4v) is 3.79. The molecule has 0 bridgehead atoms. The van der Waals surface area contributed by atoms with Gasteiger partial charge in [-0.25, -0.2) is 0 Å². The molecule has 1 aliphatic carbocycles. The topological polar surface area (TPSA) is 12.5 Å². The van der Waals surface area contributed by atoms with Crippen LogP contribution in [0.4, 0.5) is 0 Å². The van der Waals surface area contributed by atoms with E-state index in [2.05, 4.69) is 34.7 Å². The van der Waals surface area contributed by atoms with Gasteiger partial charge in [-0.05, 0) is 32.1 Å². The first-order valence-corrected chi connectivity index (χ1v) is 7.59. The van der Waals surface area contributed by atoms with Crippen molar-refractivity contribution in [1.29, 1.82) is 0 Å². The van der Waals surface area contributed by atoms with Gasteiger partial charge in [0.15, 0.2) is 0 Å². The number of hydrogen-bond donors (Lipinski definition) is 0. The SMILES string of the molecule is CC1(C)COCCN1CC1(CBr)CCCC1. The van der Waals surface area contributed by atoms with Gasteiger partial charge in [-0.1, -0.05) is 28.8 Å². The molecule has 2 fully saturated rings. The molecule has 0 spiro atoms. The van der Waals surface area contributed by atoms with Gasteiger partial charge in [-0.15, -0.1) is 0 Å². The molecule has 0 amide bonds. The largest absolute Gasteiger partial charge is 0.378 e. The van der Waals surface area contributed by atoms with Gasteiger partial charge in [0.1, 0.15) is 0 Å². The van der Waals surface area contributed by atoms with Gasteiger partial charge in [0.2, 0.25) is 0 Å². The zero-order valence-electron chi connectivity index (χ0n) is 10.6. The van der Waals surface area contributed by atoms with E-state index in [0.29, 0.717) is 5.41 Å². The Bertz CT molecular complexity index is 236. The Labute approximate surface area is 108 Å². The van der Waals surface area contributed by atoms with Crippen molar-refractivity contribution in [1.82, 2.24) is 4.90 Å². The predicted molar refractivity (Wildman–Crippen MR) is 71.2 cm³/mol. The van der Waals surface area contributed by atoms with Crippen LogP contribution in [-0.4, -0.2) is 42.1 Å². The van der Waals surface area contributed by atoms with E-state index in [0.717, 1.165) is 25.1 Å². The van der Waals surface area contributed by atoms with Crippen LogP contribution in [0.25, 0.3) is 0 Å². The summed E-state index contributed by atoms with van der Waals surface area (Å²) in [7, 11) is 0. The van der Waals surface area contributed by atoms with Gasteiger partial charge >= 0.3 is 0 Å². The smallest absolute Gasteiger partial charge is 0.0645 e. The van der Waals surface area contributed by atoms with Crippen molar-refractivity contribution in [2.75, 3.05) is 31.6 Å². The molecule has 1 heterocycles. The maximum Gasteiger partial charge on any atom is 0.0645 e. The highest BCUT2D eigenvalue weighted by Crippen LogP contribution is 2.41. The molecule has 0 aromatic rings. The predicted octanol–water partition coefficient (Wildman–Crippen LogP) is 3.05. The summed E-state index contributed by atoms with van der Waals surface area (Å²) in [6.45, 7) is 8.75. The van der Waals surface area contributed by atoms with Crippen LogP contribution < -0.4 is 0 Å². The molecule has 0 N–H and O–H groups in total. The van der Waals surface area contributed by atoms with Crippen molar-refractivity contribution >= 4 is 15.9 Å². The number of ether oxygens (including phenoxy) is 1. The first-order valence-electron chi connectivity index (χ1n) is 6.47. The van der Waals surface area contributed by atoms with E-state index in [1.54, 1.807) is 0 Å². The van der Waals surface area contributed by atoms with Crippen LogP contribution in [0.15, 0.2) is 0 Å². The lowest BCUT2D eigenvalue weighted by Crippen LogP contribution is -2.56. The molecule has 0 aromatic carbocycles. The highest BCUT2D eigenvalue weighted by atomic mass is 79.9. The second-order valence-corrected chi connectivity index (χ2v) is 6.69. The Balaban J connectivity index is 2.01. The van der Waals surface area contributed by atoms with Crippen LogP contribution in [0.3, 0.4) is 0 Å². The number of alkyl halides is 1. The lowest BCUT2D eigenvalue weighted by Gasteiger charge is -2.46. The first kappa shape index (κ1) is 12.8. The quantitative estimate of drug-likeness (QED) is 0.741. The van der Waals surface area contributed by atoms with Gasteiger partial charge in [-0.2, -0.15) is 0 Å². The van der Waals surface area contributed by atoms with Crippen LogP contribution in [0, 0.1) is 5.41 Å². The second-order valence-electron chi connectivity index (χ2n) is 6.13. The monoisotopic (exact) mass is 289 g/mol. The van der Waals surface area contributed by atoms with Gasteiger partial charge in [0.05, 0.1) is 13.2 Å². The number of nitrogens with zero attached hydrogens (tertiary/aromatic N) is 1. The maximum atomic E-state index is 5.59. The molecular weight excluding hydrogens is 266 g/mol. The minimum absolute atomic E-state index is 0.218. The summed E-state index contributed by atoms with van der Waals surface area (Å²) in [6.07, 6.45) is 5.62. The first-order chi connectivity index (χ1) is 7.58. The van der Waals surface area contributed by atoms with Crippen LogP contribution >= 0.6 is 15.9 Å². The minimum Gasteiger partial charge on any atom is -0.378 e. The number of rotatable bonds is 3. The summed E-state index contributed by atoms with van der Waals surface area (Å²) >= 11 is 3.74. The summed E-state index contributed by atoms with van der Waals surface area (Å²) in [6, 6.07) is 0. The average Bonchev–Trinajstić information content (AvgIpc) is 2.71. The van der Waals surface area contributed by atoms with Gasteiger partial charge in [0, 0.05) is 24.0 Å². The Morgan fingerprint density at radius 3 is 2.50 bits per heavy atom. The highest BCUT2D eigenvalue weighted by Gasteiger charge is 2.39. The third-order valence-electron chi connectivity index (χ3n) is 4.29. The molecule has 0 atom stereocenters. The summed E-state index contributed by atoms with van der Waals surface area (Å²) < 4.78 is 5.59. The molecule has 1 saturated carbocycles. The lowest BCUT2D eigenvalue weighted by atomic mass is 9.86. The number of halogens is 1. The maximum absolute atomic E-state index is 5.59. The molecule has 2 aliphatic rings. The standard InChI is InChI=1S/C13H24BrNO/c1-12(2)11-16-8-7-15(12)10-13(9-14)5-3-4-6-13/h3-11H2,1-2H3. The summed E-state index contributed by atoms with van der Waals surface area (Å²) in [5, 5.41) is 1.16. The van der Waals surface area contributed by atoms with Crippen molar-refractivity contribution < 1.29 is 4.74 Å². The summed E-state index contributed by atoms with van der Waals surface area (Å²) in [5.74, 6) is 0. The van der Waals surface area contributed by atoms with Crippen molar-refractivity contribution in [2.45, 2.75) is 45.1 Å². The van der Waals surface area contributed by atoms with E-state index in [1.807, 2.05) is 0 Å². The molecule has 1 saturated heterocycles. The molecule has 94 valence electrons. The summed E-state index contributed by atoms with van der Waals surface area (Å²) in [4.78, 5) is 2.64. The van der Waals surface area contributed by atoms with Crippen molar-refractivity contribution in [3.8, 4) is 0 Å². The third-order valence-corrected chi connectivity index (χ3v) is 5.48. The Kier molecular flexibility index (Phi) is 3.97. The second kappa shape index (κ2) is 4.95. The van der Waals surface area contributed by atoms with Crippen LogP contribution in [0.5, 0.6) is 0 Å². The molecule has 0 unspecified atom stereocenters. The molecule has 16 heavy (non-hydrogen) atoms. The Hall–Kier alpha value is 0.400. The minimum atomic E-state index is 0.218. The molecule has 0 radical (unpaired) electrons. The molecule has 2 nitrogen and oxygen atoms in total. The van der Waals surface area contributed by atoms with Crippen molar-refractivity contribution in [3.05, 3.63) is 0 Å². The average molecular weight is 290 g/mol. The number of morpholine rings is 1. The van der Waals surface area contributed by atoms with E-state index >= 15 is 0 Å². The highest BCUT2D eigenvalue weighted by molar-refractivity contribution is 9.09. The molecule has 3 heteroatoms. The fourth-order valence-electron chi connectivity index (χ4n) is 3.05. The number of hydrogen-bond acceptors (Lipinski definition) is 2. The molecule has 2 rings (SSSR count). The normalized spacial score (nSPS) is 29.4. The fraction of sp³-hybridized carbons (Fsp3) is 1.00. The Morgan fingerprint density at radius 2 is 1.94 bits per heavy atom.